The number of rotatable bonds is 4. The van der Waals surface area contributed by atoms with Crippen molar-refractivity contribution < 1.29 is 5.11 Å². The molecule has 1 atom stereocenters. The molecule has 118 valence electrons. The molecule has 1 aliphatic rings. The van der Waals surface area contributed by atoms with Gasteiger partial charge in [-0.2, -0.15) is 0 Å². The fraction of sp³-hybridized carbons (Fsp3) is 0.647. The first kappa shape index (κ1) is 16.8. The van der Waals surface area contributed by atoms with Gasteiger partial charge in [0.05, 0.1) is 12.6 Å². The van der Waals surface area contributed by atoms with Crippen LogP contribution >= 0.6 is 15.9 Å². The van der Waals surface area contributed by atoms with Gasteiger partial charge in [0.25, 0.3) is 0 Å². The zero-order valence-electron chi connectivity index (χ0n) is 13.3. The summed E-state index contributed by atoms with van der Waals surface area (Å²) in [6, 6.07) is 6.82. The summed E-state index contributed by atoms with van der Waals surface area (Å²) in [7, 11) is 0. The highest BCUT2D eigenvalue weighted by molar-refractivity contribution is 9.10. The number of benzene rings is 1. The molecule has 21 heavy (non-hydrogen) atoms. The van der Waals surface area contributed by atoms with Crippen LogP contribution in [0, 0.1) is 0 Å². The van der Waals surface area contributed by atoms with Crippen molar-refractivity contribution in [2.24, 2.45) is 0 Å². The second-order valence-corrected chi connectivity index (χ2v) is 7.76. The molecule has 1 unspecified atom stereocenters. The van der Waals surface area contributed by atoms with E-state index in [1.165, 1.54) is 24.1 Å². The van der Waals surface area contributed by atoms with Gasteiger partial charge in [-0.05, 0) is 57.7 Å². The topological polar surface area (TPSA) is 35.5 Å². The van der Waals surface area contributed by atoms with Gasteiger partial charge in [-0.15, -0.1) is 0 Å². The minimum absolute atomic E-state index is 0.118. The van der Waals surface area contributed by atoms with Crippen molar-refractivity contribution in [1.29, 1.82) is 0 Å². The monoisotopic (exact) mass is 354 g/mol. The highest BCUT2D eigenvalue weighted by Crippen LogP contribution is 2.29. The average molecular weight is 355 g/mol. The van der Waals surface area contributed by atoms with Gasteiger partial charge in [-0.1, -0.05) is 22.0 Å². The predicted octanol–water partition coefficient (Wildman–Crippen LogP) is 3.69. The highest BCUT2D eigenvalue weighted by Gasteiger charge is 2.22. The van der Waals surface area contributed by atoms with E-state index in [2.05, 4.69) is 65.1 Å². The third-order valence-electron chi connectivity index (χ3n) is 4.02. The molecule has 0 saturated carbocycles. The summed E-state index contributed by atoms with van der Waals surface area (Å²) in [6.45, 7) is 8.66. The second kappa shape index (κ2) is 7.12. The quantitative estimate of drug-likeness (QED) is 0.865. The lowest BCUT2D eigenvalue weighted by atomic mass is 10.0. The Hall–Kier alpha value is -0.580. The van der Waals surface area contributed by atoms with Crippen molar-refractivity contribution in [2.75, 3.05) is 18.1 Å². The largest absolute Gasteiger partial charge is 0.394 e. The number of aliphatic hydroxyl groups is 1. The lowest BCUT2D eigenvalue weighted by molar-refractivity contribution is 0.240. The molecule has 0 bridgehead atoms. The summed E-state index contributed by atoms with van der Waals surface area (Å²) in [5, 5.41) is 13.1. The van der Waals surface area contributed by atoms with Gasteiger partial charge in [0.1, 0.15) is 0 Å². The van der Waals surface area contributed by atoms with Crippen molar-refractivity contribution in [2.45, 2.75) is 58.2 Å². The average Bonchev–Trinajstić information content (AvgIpc) is 2.45. The van der Waals surface area contributed by atoms with E-state index in [1.807, 2.05) is 0 Å². The second-order valence-electron chi connectivity index (χ2n) is 6.90. The van der Waals surface area contributed by atoms with E-state index < -0.39 is 0 Å². The first-order chi connectivity index (χ1) is 9.90. The molecule has 2 N–H and O–H groups in total. The summed E-state index contributed by atoms with van der Waals surface area (Å²) in [6.07, 6.45) is 3.51. The molecule has 0 aromatic heterocycles. The van der Waals surface area contributed by atoms with Crippen LogP contribution in [0.2, 0.25) is 0 Å². The first-order valence-electron chi connectivity index (χ1n) is 7.81. The van der Waals surface area contributed by atoms with Crippen molar-refractivity contribution in [3.05, 3.63) is 28.2 Å². The van der Waals surface area contributed by atoms with Crippen molar-refractivity contribution in [3.8, 4) is 0 Å². The van der Waals surface area contributed by atoms with E-state index >= 15 is 0 Å². The number of nitrogens with one attached hydrogen (secondary N) is 1. The smallest absolute Gasteiger partial charge is 0.0635 e. The number of aliphatic hydroxyl groups excluding tert-OH is 1. The molecule has 1 aromatic rings. The minimum Gasteiger partial charge on any atom is -0.394 e. The third-order valence-corrected chi connectivity index (χ3v) is 4.75. The number of hydrogen-bond acceptors (Lipinski definition) is 3. The summed E-state index contributed by atoms with van der Waals surface area (Å²) >= 11 is 3.69. The molecule has 0 radical (unpaired) electrons. The minimum atomic E-state index is 0.118. The lowest BCUT2D eigenvalue weighted by Crippen LogP contribution is -2.42. The standard InChI is InChI=1S/C17H27BrN2O/c1-17(2,3)19-11-13-7-8-14(10-16(13)18)20-9-5-4-6-15(20)12-21/h7-8,10,15,19,21H,4-6,9,11-12H2,1-3H3. The van der Waals surface area contributed by atoms with Crippen LogP contribution in [-0.2, 0) is 6.54 Å². The van der Waals surface area contributed by atoms with Crippen LogP contribution in [0.4, 0.5) is 5.69 Å². The van der Waals surface area contributed by atoms with Gasteiger partial charge >= 0.3 is 0 Å². The summed E-state index contributed by atoms with van der Waals surface area (Å²) in [4.78, 5) is 2.34. The van der Waals surface area contributed by atoms with Crippen LogP contribution in [0.25, 0.3) is 0 Å². The predicted molar refractivity (Wildman–Crippen MR) is 92.8 cm³/mol. The Morgan fingerprint density at radius 2 is 2.10 bits per heavy atom. The maximum atomic E-state index is 9.56. The van der Waals surface area contributed by atoms with E-state index in [1.54, 1.807) is 0 Å². The number of piperidine rings is 1. The molecule has 3 nitrogen and oxygen atoms in total. The van der Waals surface area contributed by atoms with Crippen molar-refractivity contribution in [3.63, 3.8) is 0 Å². The van der Waals surface area contributed by atoms with E-state index in [9.17, 15) is 5.11 Å². The van der Waals surface area contributed by atoms with Gasteiger partial charge in [0.2, 0.25) is 0 Å². The molecule has 0 spiro atoms. The van der Waals surface area contributed by atoms with Gasteiger partial charge in [0.15, 0.2) is 0 Å². The molecule has 1 aliphatic heterocycles. The number of hydrogen-bond donors (Lipinski definition) is 2. The Bertz CT molecular complexity index is 470. The van der Waals surface area contributed by atoms with Gasteiger partial charge in [-0.25, -0.2) is 0 Å². The summed E-state index contributed by atoms with van der Waals surface area (Å²) in [5.74, 6) is 0. The van der Waals surface area contributed by atoms with Crippen LogP contribution in [0.1, 0.15) is 45.6 Å². The van der Waals surface area contributed by atoms with E-state index in [4.69, 9.17) is 0 Å². The highest BCUT2D eigenvalue weighted by atomic mass is 79.9. The Morgan fingerprint density at radius 1 is 1.33 bits per heavy atom. The third kappa shape index (κ3) is 4.70. The van der Waals surface area contributed by atoms with E-state index in [-0.39, 0.29) is 18.2 Å². The molecule has 1 heterocycles. The van der Waals surface area contributed by atoms with E-state index in [0.29, 0.717) is 0 Å². The Morgan fingerprint density at radius 3 is 2.71 bits per heavy atom. The number of halogens is 1. The normalized spacial score (nSPS) is 19.9. The molecule has 1 aromatic carbocycles. The SMILES string of the molecule is CC(C)(C)NCc1ccc(N2CCCCC2CO)cc1Br. The number of nitrogens with zero attached hydrogens (tertiary/aromatic N) is 1. The Kier molecular flexibility index (Phi) is 5.69. The fourth-order valence-electron chi connectivity index (χ4n) is 2.75. The van der Waals surface area contributed by atoms with Crippen LogP contribution in [-0.4, -0.2) is 29.8 Å². The zero-order chi connectivity index (χ0) is 15.5. The van der Waals surface area contributed by atoms with Crippen molar-refractivity contribution in [1.82, 2.24) is 5.32 Å². The molecule has 0 aliphatic carbocycles. The molecule has 1 fully saturated rings. The molecule has 4 heteroatoms. The zero-order valence-corrected chi connectivity index (χ0v) is 14.9. The molecular formula is C17H27BrN2O. The summed E-state index contributed by atoms with van der Waals surface area (Å²) < 4.78 is 1.14. The maximum Gasteiger partial charge on any atom is 0.0635 e. The first-order valence-corrected chi connectivity index (χ1v) is 8.61. The molecule has 2 rings (SSSR count). The Labute approximate surface area is 136 Å². The number of anilines is 1. The molecule has 0 amide bonds. The van der Waals surface area contributed by atoms with Gasteiger partial charge < -0.3 is 15.3 Å². The van der Waals surface area contributed by atoms with E-state index in [0.717, 1.165) is 24.0 Å². The van der Waals surface area contributed by atoms with Gasteiger partial charge in [0, 0.05) is 28.8 Å². The maximum absolute atomic E-state index is 9.56. The van der Waals surface area contributed by atoms with Crippen molar-refractivity contribution >= 4 is 21.6 Å². The Balaban J connectivity index is 2.10. The fourth-order valence-corrected chi connectivity index (χ4v) is 3.26. The lowest BCUT2D eigenvalue weighted by Gasteiger charge is -2.36. The van der Waals surface area contributed by atoms with Gasteiger partial charge in [-0.3, -0.25) is 0 Å². The van der Waals surface area contributed by atoms with Crippen LogP contribution in [0.3, 0.4) is 0 Å². The van der Waals surface area contributed by atoms with Crippen LogP contribution in [0.5, 0.6) is 0 Å². The molecular weight excluding hydrogens is 328 g/mol. The summed E-state index contributed by atoms with van der Waals surface area (Å²) in [5.41, 5.74) is 2.60. The van der Waals surface area contributed by atoms with Crippen LogP contribution < -0.4 is 10.2 Å². The van der Waals surface area contributed by atoms with Crippen LogP contribution in [0.15, 0.2) is 22.7 Å². The molecule has 1 saturated heterocycles.